The number of carbonyl (C=O) groups is 3. The molecule has 1 aliphatic rings. The Morgan fingerprint density at radius 2 is 1.71 bits per heavy atom. The number of amides is 2. The lowest BCUT2D eigenvalue weighted by Crippen LogP contribution is -2.31. The van der Waals surface area contributed by atoms with Crippen LogP contribution in [0, 0.1) is 6.92 Å². The minimum Gasteiger partial charge on any atom is -0.478 e. The minimum absolute atomic E-state index is 0.114. The predicted molar refractivity (Wildman–Crippen MR) is 91.3 cm³/mol. The van der Waals surface area contributed by atoms with E-state index in [1.807, 2.05) is 31.2 Å². The topological polar surface area (TPSA) is 74.7 Å². The molecule has 1 fully saturated rings. The summed E-state index contributed by atoms with van der Waals surface area (Å²) in [5.74, 6) is -1.59. The van der Waals surface area contributed by atoms with E-state index in [2.05, 4.69) is 0 Å². The maximum Gasteiger partial charge on any atom is 0.335 e. The zero-order valence-corrected chi connectivity index (χ0v) is 13.7. The molecule has 0 aromatic heterocycles. The number of hydrogen-bond donors (Lipinski definition) is 1. The Hall–Kier alpha value is -2.60. The van der Waals surface area contributed by atoms with Gasteiger partial charge in [-0.3, -0.25) is 9.59 Å². The van der Waals surface area contributed by atoms with Crippen molar-refractivity contribution in [1.29, 1.82) is 0 Å². The van der Waals surface area contributed by atoms with Crippen molar-refractivity contribution in [2.24, 2.45) is 0 Å². The molecular formula is C18H15NO4S. The van der Waals surface area contributed by atoms with E-state index in [1.165, 1.54) is 36.0 Å². The third-order valence-corrected chi connectivity index (χ3v) is 4.97. The normalized spacial score (nSPS) is 17.4. The van der Waals surface area contributed by atoms with Crippen LogP contribution in [0.5, 0.6) is 0 Å². The van der Waals surface area contributed by atoms with Crippen LogP contribution >= 0.6 is 11.8 Å². The zero-order chi connectivity index (χ0) is 17.3. The van der Waals surface area contributed by atoms with Crippen molar-refractivity contribution in [2.45, 2.75) is 23.5 Å². The first-order chi connectivity index (χ1) is 11.5. The highest BCUT2D eigenvalue weighted by atomic mass is 32.2. The number of aromatic carboxylic acids is 1. The lowest BCUT2D eigenvalue weighted by atomic mass is 10.2. The Morgan fingerprint density at radius 1 is 1.08 bits per heavy atom. The van der Waals surface area contributed by atoms with Crippen molar-refractivity contribution >= 4 is 35.2 Å². The summed E-state index contributed by atoms with van der Waals surface area (Å²) in [7, 11) is 0. The van der Waals surface area contributed by atoms with Crippen molar-refractivity contribution in [3.8, 4) is 0 Å². The Labute approximate surface area is 143 Å². The molecular weight excluding hydrogens is 326 g/mol. The minimum atomic E-state index is -1.05. The molecule has 1 aliphatic heterocycles. The van der Waals surface area contributed by atoms with Crippen molar-refractivity contribution in [2.75, 3.05) is 4.90 Å². The van der Waals surface area contributed by atoms with Gasteiger partial charge in [-0.2, -0.15) is 0 Å². The maximum absolute atomic E-state index is 12.6. The fourth-order valence-corrected chi connectivity index (χ4v) is 3.56. The highest BCUT2D eigenvalue weighted by Crippen LogP contribution is 2.34. The van der Waals surface area contributed by atoms with Crippen LogP contribution in [0.1, 0.15) is 22.3 Å². The molecule has 5 nitrogen and oxygen atoms in total. The molecule has 2 amide bonds. The molecule has 3 rings (SSSR count). The van der Waals surface area contributed by atoms with Gasteiger partial charge < -0.3 is 5.11 Å². The largest absolute Gasteiger partial charge is 0.478 e. The van der Waals surface area contributed by atoms with Gasteiger partial charge >= 0.3 is 5.97 Å². The van der Waals surface area contributed by atoms with E-state index in [0.717, 1.165) is 15.4 Å². The molecule has 2 aromatic rings. The van der Waals surface area contributed by atoms with Gasteiger partial charge in [0.15, 0.2) is 0 Å². The molecule has 1 saturated heterocycles. The molecule has 1 N–H and O–H groups in total. The van der Waals surface area contributed by atoms with Crippen LogP contribution in [-0.4, -0.2) is 28.1 Å². The quantitative estimate of drug-likeness (QED) is 0.865. The third-order valence-electron chi connectivity index (χ3n) is 3.78. The van der Waals surface area contributed by atoms with Crippen LogP contribution in [0.25, 0.3) is 0 Å². The van der Waals surface area contributed by atoms with Gasteiger partial charge in [0.05, 0.1) is 16.5 Å². The summed E-state index contributed by atoms with van der Waals surface area (Å²) in [5, 5.41) is 8.46. The third kappa shape index (κ3) is 3.19. The molecule has 0 bridgehead atoms. The van der Waals surface area contributed by atoms with Crippen LogP contribution in [0.15, 0.2) is 53.4 Å². The Bertz CT molecular complexity index is 799. The highest BCUT2D eigenvalue weighted by Gasteiger charge is 2.40. The first kappa shape index (κ1) is 16.3. The van der Waals surface area contributed by atoms with E-state index in [4.69, 9.17) is 5.11 Å². The lowest BCUT2D eigenvalue weighted by molar-refractivity contribution is -0.121. The van der Waals surface area contributed by atoms with Crippen LogP contribution in [0.4, 0.5) is 5.69 Å². The van der Waals surface area contributed by atoms with Gasteiger partial charge in [-0.05, 0) is 43.3 Å². The average molecular weight is 341 g/mol. The second kappa shape index (κ2) is 6.49. The number of hydrogen-bond acceptors (Lipinski definition) is 4. The van der Waals surface area contributed by atoms with Crippen LogP contribution in [0.3, 0.4) is 0 Å². The fourth-order valence-electron chi connectivity index (χ4n) is 2.50. The number of rotatable bonds is 4. The second-order valence-corrected chi connectivity index (χ2v) is 6.82. The summed E-state index contributed by atoms with van der Waals surface area (Å²) in [6.07, 6.45) is 0.137. The van der Waals surface area contributed by atoms with Gasteiger partial charge in [-0.15, -0.1) is 11.8 Å². The highest BCUT2D eigenvalue weighted by molar-refractivity contribution is 8.00. The predicted octanol–water partition coefficient (Wildman–Crippen LogP) is 3.12. The van der Waals surface area contributed by atoms with Gasteiger partial charge in [0.25, 0.3) is 0 Å². The number of nitrogens with zero attached hydrogens (tertiary/aromatic N) is 1. The van der Waals surface area contributed by atoms with Gasteiger partial charge in [-0.1, -0.05) is 17.7 Å². The van der Waals surface area contributed by atoms with E-state index in [9.17, 15) is 14.4 Å². The number of anilines is 1. The molecule has 1 heterocycles. The van der Waals surface area contributed by atoms with E-state index >= 15 is 0 Å². The molecule has 0 unspecified atom stereocenters. The van der Waals surface area contributed by atoms with Crippen molar-refractivity contribution in [3.05, 3.63) is 59.7 Å². The number of imide groups is 1. The smallest absolute Gasteiger partial charge is 0.335 e. The number of carbonyl (C=O) groups excluding carboxylic acids is 2. The molecule has 0 aliphatic carbocycles. The van der Waals surface area contributed by atoms with Crippen LogP contribution < -0.4 is 4.90 Å². The second-order valence-electron chi connectivity index (χ2n) is 5.54. The first-order valence-corrected chi connectivity index (χ1v) is 8.27. The lowest BCUT2D eigenvalue weighted by Gasteiger charge is -2.15. The monoisotopic (exact) mass is 341 g/mol. The van der Waals surface area contributed by atoms with E-state index in [-0.39, 0.29) is 23.8 Å². The molecule has 0 radical (unpaired) electrons. The first-order valence-electron chi connectivity index (χ1n) is 7.39. The Kier molecular flexibility index (Phi) is 4.40. The molecule has 122 valence electrons. The Balaban J connectivity index is 1.78. The summed E-state index contributed by atoms with van der Waals surface area (Å²) in [6.45, 7) is 1.99. The standard InChI is InChI=1S/C18H15NO4S/c1-11-2-8-14(9-3-11)24-15-10-16(20)19(17(15)21)13-6-4-12(5-7-13)18(22)23/h2-9,15H,10H2,1H3,(H,22,23)/t15-/m1/s1. The summed E-state index contributed by atoms with van der Waals surface area (Å²) in [4.78, 5) is 37.8. The van der Waals surface area contributed by atoms with E-state index in [1.54, 1.807) is 0 Å². The molecule has 2 aromatic carbocycles. The van der Waals surface area contributed by atoms with E-state index in [0.29, 0.717) is 5.69 Å². The SMILES string of the molecule is Cc1ccc(S[C@@H]2CC(=O)N(c3ccc(C(=O)O)cc3)C2=O)cc1. The van der Waals surface area contributed by atoms with Gasteiger partial charge in [-0.25, -0.2) is 9.69 Å². The summed E-state index contributed by atoms with van der Waals surface area (Å²) in [5.41, 5.74) is 1.65. The number of benzene rings is 2. The average Bonchev–Trinajstić information content (AvgIpc) is 2.83. The molecule has 1 atom stereocenters. The molecule has 0 saturated carbocycles. The van der Waals surface area contributed by atoms with Crippen molar-refractivity contribution in [3.63, 3.8) is 0 Å². The van der Waals surface area contributed by atoms with Gasteiger partial charge in [0.1, 0.15) is 0 Å². The van der Waals surface area contributed by atoms with Crippen molar-refractivity contribution in [1.82, 2.24) is 0 Å². The van der Waals surface area contributed by atoms with Crippen LogP contribution in [-0.2, 0) is 9.59 Å². The number of aryl methyl sites for hydroxylation is 1. The van der Waals surface area contributed by atoms with E-state index < -0.39 is 11.2 Å². The summed E-state index contributed by atoms with van der Waals surface area (Å²) in [6, 6.07) is 13.5. The number of carboxylic acid groups (broad SMARTS) is 1. The fraction of sp³-hybridized carbons (Fsp3) is 0.167. The van der Waals surface area contributed by atoms with Crippen molar-refractivity contribution < 1.29 is 19.5 Å². The molecule has 6 heteroatoms. The molecule has 24 heavy (non-hydrogen) atoms. The zero-order valence-electron chi connectivity index (χ0n) is 12.9. The Morgan fingerprint density at radius 3 is 2.29 bits per heavy atom. The number of carboxylic acids is 1. The number of thioether (sulfide) groups is 1. The summed E-state index contributed by atoms with van der Waals surface area (Å²) < 4.78 is 0. The maximum atomic E-state index is 12.6. The summed E-state index contributed by atoms with van der Waals surface area (Å²) >= 11 is 1.37. The molecule has 0 spiro atoms. The van der Waals surface area contributed by atoms with Gasteiger partial charge in [0.2, 0.25) is 11.8 Å². The van der Waals surface area contributed by atoms with Gasteiger partial charge in [0, 0.05) is 11.3 Å². The van der Waals surface area contributed by atoms with Crippen LogP contribution in [0.2, 0.25) is 0 Å².